The number of hydrogen-bond acceptors (Lipinski definition) is 6. The Balaban J connectivity index is 1.79. The third-order valence-electron chi connectivity index (χ3n) is 4.43. The van der Waals surface area contributed by atoms with Gasteiger partial charge in [0.05, 0.1) is 5.75 Å². The van der Waals surface area contributed by atoms with Crippen LogP contribution in [0.1, 0.15) is 50.6 Å². The van der Waals surface area contributed by atoms with Gasteiger partial charge in [0, 0.05) is 18.5 Å². The van der Waals surface area contributed by atoms with Crippen LogP contribution in [0.5, 0.6) is 0 Å². The van der Waals surface area contributed by atoms with Crippen LogP contribution in [0.3, 0.4) is 0 Å². The topological polar surface area (TPSA) is 93.4 Å². The molecule has 2 heterocycles. The van der Waals surface area contributed by atoms with Crippen molar-refractivity contribution in [3.05, 3.63) is 41.5 Å². The first-order valence-electron chi connectivity index (χ1n) is 8.87. The van der Waals surface area contributed by atoms with Crippen molar-refractivity contribution in [3.63, 3.8) is 0 Å². The van der Waals surface area contributed by atoms with Crippen molar-refractivity contribution >= 4 is 15.7 Å². The van der Waals surface area contributed by atoms with E-state index in [-0.39, 0.29) is 23.3 Å². The molecular weight excluding hydrogens is 373 g/mol. The normalized spacial score (nSPS) is 17.6. The standard InChI is InChI=1S/C18H22FN3O4S/c1-12(2)10-16(23)22-9-5-8-15(22)17-20-21-18(26-17)27(24,25)11-13-6-3-4-7-14(13)19/h3-4,6-7,12,15H,5,8-11H2,1-2H3/t15-/m0/s1. The maximum atomic E-state index is 13.8. The van der Waals surface area contributed by atoms with Crippen LogP contribution in [0, 0.1) is 11.7 Å². The zero-order chi connectivity index (χ0) is 19.6. The fraction of sp³-hybridized carbons (Fsp3) is 0.500. The molecule has 0 saturated carbocycles. The monoisotopic (exact) mass is 395 g/mol. The summed E-state index contributed by atoms with van der Waals surface area (Å²) in [5.74, 6) is -0.861. The van der Waals surface area contributed by atoms with Gasteiger partial charge < -0.3 is 9.32 Å². The number of amides is 1. The third-order valence-corrected chi connectivity index (χ3v) is 5.82. The third kappa shape index (κ3) is 4.35. The summed E-state index contributed by atoms with van der Waals surface area (Å²) in [5.41, 5.74) is 0.0341. The molecule has 1 saturated heterocycles. The minimum absolute atomic E-state index is 0.0125. The Morgan fingerprint density at radius 2 is 2.07 bits per heavy atom. The number of aromatic nitrogens is 2. The van der Waals surface area contributed by atoms with Gasteiger partial charge in [0.1, 0.15) is 11.9 Å². The Morgan fingerprint density at radius 1 is 1.33 bits per heavy atom. The Bertz CT molecular complexity index is 926. The Morgan fingerprint density at radius 3 is 2.78 bits per heavy atom. The molecular formula is C18H22FN3O4S. The zero-order valence-electron chi connectivity index (χ0n) is 15.3. The van der Waals surface area contributed by atoms with Crippen molar-refractivity contribution < 1.29 is 22.0 Å². The van der Waals surface area contributed by atoms with Gasteiger partial charge in [0.15, 0.2) is 0 Å². The highest BCUT2D eigenvalue weighted by Gasteiger charge is 2.35. The van der Waals surface area contributed by atoms with E-state index in [2.05, 4.69) is 10.2 Å². The Hall–Kier alpha value is -2.29. The smallest absolute Gasteiger partial charge is 0.335 e. The summed E-state index contributed by atoms with van der Waals surface area (Å²) >= 11 is 0. The van der Waals surface area contributed by atoms with Crippen LogP contribution in [-0.4, -0.2) is 36.0 Å². The van der Waals surface area contributed by atoms with Gasteiger partial charge in [-0.15, -0.1) is 5.10 Å². The lowest BCUT2D eigenvalue weighted by atomic mass is 10.1. The first-order chi connectivity index (χ1) is 12.8. The summed E-state index contributed by atoms with van der Waals surface area (Å²) in [7, 11) is -3.99. The number of carbonyl (C=O) groups excluding carboxylic acids is 1. The number of carbonyl (C=O) groups is 1. The van der Waals surface area contributed by atoms with Crippen LogP contribution in [0.2, 0.25) is 0 Å². The quantitative estimate of drug-likeness (QED) is 0.747. The maximum Gasteiger partial charge on any atom is 0.335 e. The van der Waals surface area contributed by atoms with E-state index in [0.29, 0.717) is 19.4 Å². The van der Waals surface area contributed by atoms with Crippen LogP contribution in [0.15, 0.2) is 33.9 Å². The molecule has 0 N–H and O–H groups in total. The molecule has 0 aliphatic carbocycles. The maximum absolute atomic E-state index is 13.8. The van der Waals surface area contributed by atoms with Gasteiger partial charge in [0.2, 0.25) is 21.6 Å². The summed E-state index contributed by atoms with van der Waals surface area (Å²) in [4.78, 5) is 14.1. The van der Waals surface area contributed by atoms with Gasteiger partial charge in [-0.2, -0.15) is 0 Å². The van der Waals surface area contributed by atoms with Gasteiger partial charge in [-0.1, -0.05) is 37.1 Å². The molecule has 3 rings (SSSR count). The van der Waals surface area contributed by atoms with Crippen LogP contribution < -0.4 is 0 Å². The molecule has 1 aliphatic heterocycles. The first kappa shape index (κ1) is 19.5. The van der Waals surface area contributed by atoms with Crippen molar-refractivity contribution in [3.8, 4) is 0 Å². The summed E-state index contributed by atoms with van der Waals surface area (Å²) in [6.45, 7) is 4.50. The second kappa shape index (κ2) is 7.75. The van der Waals surface area contributed by atoms with Crippen LogP contribution in [-0.2, 0) is 20.4 Å². The van der Waals surface area contributed by atoms with Crippen molar-refractivity contribution in [2.75, 3.05) is 6.54 Å². The minimum Gasteiger partial charge on any atom is -0.410 e. The van der Waals surface area contributed by atoms with E-state index in [1.165, 1.54) is 18.2 Å². The van der Waals surface area contributed by atoms with Gasteiger partial charge in [-0.05, 0) is 24.8 Å². The molecule has 1 amide bonds. The van der Waals surface area contributed by atoms with Gasteiger partial charge in [-0.25, -0.2) is 12.8 Å². The van der Waals surface area contributed by atoms with E-state index >= 15 is 0 Å². The van der Waals surface area contributed by atoms with E-state index in [1.54, 1.807) is 11.0 Å². The molecule has 1 fully saturated rings. The number of nitrogens with zero attached hydrogens (tertiary/aromatic N) is 3. The van der Waals surface area contributed by atoms with E-state index in [0.717, 1.165) is 6.42 Å². The van der Waals surface area contributed by atoms with Crippen molar-refractivity contribution in [1.29, 1.82) is 0 Å². The number of benzene rings is 1. The molecule has 146 valence electrons. The lowest BCUT2D eigenvalue weighted by molar-refractivity contribution is -0.133. The highest BCUT2D eigenvalue weighted by Crippen LogP contribution is 2.33. The second-order valence-corrected chi connectivity index (χ2v) is 8.97. The predicted molar refractivity (Wildman–Crippen MR) is 94.7 cm³/mol. The molecule has 0 unspecified atom stereocenters. The summed E-state index contributed by atoms with van der Waals surface area (Å²) < 4.78 is 44.2. The molecule has 1 aromatic heterocycles. The molecule has 1 aliphatic rings. The molecule has 0 spiro atoms. The highest BCUT2D eigenvalue weighted by molar-refractivity contribution is 7.90. The number of likely N-dealkylation sites (tertiary alicyclic amines) is 1. The van der Waals surface area contributed by atoms with E-state index in [9.17, 15) is 17.6 Å². The summed E-state index contributed by atoms with van der Waals surface area (Å²) in [6, 6.07) is 5.22. The molecule has 1 atom stereocenters. The minimum atomic E-state index is -3.99. The molecule has 2 aromatic rings. The van der Waals surface area contributed by atoms with Crippen molar-refractivity contribution in [2.45, 2.75) is 50.1 Å². The molecule has 1 aromatic carbocycles. The number of halogens is 1. The molecule has 0 radical (unpaired) electrons. The highest BCUT2D eigenvalue weighted by atomic mass is 32.2. The van der Waals surface area contributed by atoms with Crippen molar-refractivity contribution in [2.24, 2.45) is 5.92 Å². The van der Waals surface area contributed by atoms with Gasteiger partial charge in [0.25, 0.3) is 0 Å². The Kier molecular flexibility index (Phi) is 5.59. The fourth-order valence-corrected chi connectivity index (χ4v) is 4.30. The predicted octanol–water partition coefficient (Wildman–Crippen LogP) is 2.89. The average Bonchev–Trinajstić information content (AvgIpc) is 3.25. The van der Waals surface area contributed by atoms with Crippen molar-refractivity contribution in [1.82, 2.24) is 15.1 Å². The fourth-order valence-electron chi connectivity index (χ4n) is 3.15. The van der Waals surface area contributed by atoms with Gasteiger partial charge >= 0.3 is 5.22 Å². The average molecular weight is 395 g/mol. The van der Waals surface area contributed by atoms with Crippen LogP contribution in [0.25, 0.3) is 0 Å². The SMILES string of the molecule is CC(C)CC(=O)N1CCC[C@H]1c1nnc(S(=O)(=O)Cc2ccccc2F)o1. The van der Waals surface area contributed by atoms with E-state index in [1.807, 2.05) is 13.8 Å². The molecule has 7 nitrogen and oxygen atoms in total. The molecule has 0 bridgehead atoms. The number of rotatable bonds is 6. The van der Waals surface area contributed by atoms with Crippen LogP contribution >= 0.6 is 0 Å². The number of sulfone groups is 1. The number of hydrogen-bond donors (Lipinski definition) is 0. The molecule has 27 heavy (non-hydrogen) atoms. The summed E-state index contributed by atoms with van der Waals surface area (Å²) in [5, 5.41) is 6.95. The van der Waals surface area contributed by atoms with Crippen LogP contribution in [0.4, 0.5) is 4.39 Å². The lowest BCUT2D eigenvalue weighted by Crippen LogP contribution is -2.31. The second-order valence-electron chi connectivity index (χ2n) is 7.10. The Labute approximate surface area is 157 Å². The zero-order valence-corrected chi connectivity index (χ0v) is 16.1. The van der Waals surface area contributed by atoms with E-state index < -0.39 is 32.7 Å². The lowest BCUT2D eigenvalue weighted by Gasteiger charge is -2.22. The van der Waals surface area contributed by atoms with E-state index in [4.69, 9.17) is 4.42 Å². The first-order valence-corrected chi connectivity index (χ1v) is 10.5. The van der Waals surface area contributed by atoms with Gasteiger partial charge in [-0.3, -0.25) is 4.79 Å². The molecule has 9 heteroatoms. The summed E-state index contributed by atoms with van der Waals surface area (Å²) in [6.07, 6.45) is 1.83. The largest absolute Gasteiger partial charge is 0.410 e.